The van der Waals surface area contributed by atoms with E-state index in [9.17, 15) is 19.2 Å². The summed E-state index contributed by atoms with van der Waals surface area (Å²) in [6.07, 6.45) is -0.190. The minimum absolute atomic E-state index is 0.134. The molecule has 30 heavy (non-hydrogen) atoms. The van der Waals surface area contributed by atoms with Gasteiger partial charge in [-0.2, -0.15) is 0 Å². The molecular formula is C22H23N3O5. The summed E-state index contributed by atoms with van der Waals surface area (Å²) in [5, 5.41) is 5.41. The lowest BCUT2D eigenvalue weighted by Crippen LogP contribution is -2.26. The molecule has 0 radical (unpaired) electrons. The van der Waals surface area contributed by atoms with Crippen LogP contribution in [0.5, 0.6) is 0 Å². The smallest absolute Gasteiger partial charge is 0.310 e. The lowest BCUT2D eigenvalue weighted by atomic mass is 10.1. The number of fused-ring (bicyclic) bond motifs is 1. The fourth-order valence-corrected chi connectivity index (χ4v) is 3.20. The number of carbonyl (C=O) groups is 4. The summed E-state index contributed by atoms with van der Waals surface area (Å²) in [6.45, 7) is 4.35. The van der Waals surface area contributed by atoms with Crippen LogP contribution in [0, 0.1) is 0 Å². The van der Waals surface area contributed by atoms with E-state index in [0.29, 0.717) is 35.8 Å². The van der Waals surface area contributed by atoms with E-state index in [1.54, 1.807) is 49.4 Å². The number of ether oxygens (including phenoxy) is 1. The predicted molar refractivity (Wildman–Crippen MR) is 112 cm³/mol. The van der Waals surface area contributed by atoms with Crippen LogP contribution in [0.4, 0.5) is 17.1 Å². The molecule has 0 aromatic heterocycles. The van der Waals surface area contributed by atoms with Crippen molar-refractivity contribution in [2.75, 3.05) is 23.4 Å². The SMILES string of the molecule is CCNC(=O)c1ccc2c(c1)NC(=O)CC(=O)N2c1ccc(CC(=O)OCC)cc1. The summed E-state index contributed by atoms with van der Waals surface area (Å²) in [7, 11) is 0. The number of anilines is 3. The maximum absolute atomic E-state index is 12.8. The number of rotatable bonds is 6. The number of amides is 3. The average Bonchev–Trinajstić information content (AvgIpc) is 2.82. The third kappa shape index (κ3) is 4.65. The number of hydrogen-bond donors (Lipinski definition) is 2. The Morgan fingerprint density at radius 1 is 1.10 bits per heavy atom. The van der Waals surface area contributed by atoms with Crippen LogP contribution in [0.2, 0.25) is 0 Å². The molecule has 2 N–H and O–H groups in total. The molecule has 2 aromatic carbocycles. The van der Waals surface area contributed by atoms with E-state index in [-0.39, 0.29) is 24.7 Å². The maximum Gasteiger partial charge on any atom is 0.310 e. The van der Waals surface area contributed by atoms with Crippen LogP contribution in [0.3, 0.4) is 0 Å². The maximum atomic E-state index is 12.8. The Hall–Kier alpha value is -3.68. The molecule has 0 spiro atoms. The molecule has 3 amide bonds. The Morgan fingerprint density at radius 3 is 2.50 bits per heavy atom. The Kier molecular flexibility index (Phi) is 6.46. The summed E-state index contributed by atoms with van der Waals surface area (Å²) < 4.78 is 4.95. The molecule has 8 heteroatoms. The van der Waals surface area contributed by atoms with Gasteiger partial charge in [-0.1, -0.05) is 12.1 Å². The van der Waals surface area contributed by atoms with Gasteiger partial charge in [0, 0.05) is 17.8 Å². The zero-order valence-corrected chi connectivity index (χ0v) is 16.9. The van der Waals surface area contributed by atoms with Gasteiger partial charge in [-0.25, -0.2) is 0 Å². The van der Waals surface area contributed by atoms with Crippen LogP contribution in [0.15, 0.2) is 42.5 Å². The molecule has 156 valence electrons. The van der Waals surface area contributed by atoms with Crippen molar-refractivity contribution in [1.82, 2.24) is 5.32 Å². The number of hydrogen-bond acceptors (Lipinski definition) is 5. The number of benzene rings is 2. The molecule has 1 aliphatic rings. The summed E-state index contributed by atoms with van der Waals surface area (Å²) in [5.41, 5.74) is 2.54. The standard InChI is InChI=1S/C22H23N3O5/c1-3-23-22(29)15-7-10-18-17(12-15)24-19(26)13-20(27)25(18)16-8-5-14(6-9-16)11-21(28)30-4-2/h5-10,12H,3-4,11,13H2,1-2H3,(H,23,29)(H,24,26). The van der Waals surface area contributed by atoms with Gasteiger partial charge in [0.2, 0.25) is 11.8 Å². The second-order valence-electron chi connectivity index (χ2n) is 6.69. The Labute approximate surface area is 174 Å². The van der Waals surface area contributed by atoms with Crippen LogP contribution in [0.1, 0.15) is 36.2 Å². The van der Waals surface area contributed by atoms with Gasteiger partial charge in [0.15, 0.2) is 0 Å². The van der Waals surface area contributed by atoms with Crippen LogP contribution >= 0.6 is 0 Å². The normalized spacial score (nSPS) is 13.2. The molecule has 0 bridgehead atoms. The quantitative estimate of drug-likeness (QED) is 0.564. The second-order valence-corrected chi connectivity index (χ2v) is 6.69. The zero-order chi connectivity index (χ0) is 21.7. The van der Waals surface area contributed by atoms with E-state index in [1.165, 1.54) is 4.90 Å². The summed E-state index contributed by atoms with van der Waals surface area (Å²) in [5.74, 6) is -1.43. The van der Waals surface area contributed by atoms with Crippen molar-refractivity contribution in [2.24, 2.45) is 0 Å². The van der Waals surface area contributed by atoms with E-state index in [4.69, 9.17) is 4.74 Å². The van der Waals surface area contributed by atoms with Crippen molar-refractivity contribution in [3.63, 3.8) is 0 Å². The van der Waals surface area contributed by atoms with Crippen molar-refractivity contribution < 1.29 is 23.9 Å². The van der Waals surface area contributed by atoms with Crippen molar-refractivity contribution in [2.45, 2.75) is 26.7 Å². The molecule has 8 nitrogen and oxygen atoms in total. The van der Waals surface area contributed by atoms with Crippen LogP contribution in [-0.4, -0.2) is 36.8 Å². The number of nitrogens with one attached hydrogen (secondary N) is 2. The molecule has 3 rings (SSSR count). The minimum Gasteiger partial charge on any atom is -0.466 e. The molecule has 0 unspecified atom stereocenters. The van der Waals surface area contributed by atoms with E-state index in [0.717, 1.165) is 5.56 Å². The molecule has 1 aliphatic heterocycles. The molecule has 0 saturated carbocycles. The monoisotopic (exact) mass is 409 g/mol. The lowest BCUT2D eigenvalue weighted by molar-refractivity contribution is -0.142. The second kappa shape index (κ2) is 9.21. The van der Waals surface area contributed by atoms with E-state index < -0.39 is 11.8 Å². The molecule has 0 fully saturated rings. The first-order valence-corrected chi connectivity index (χ1v) is 9.72. The third-order valence-electron chi connectivity index (χ3n) is 4.52. The van der Waals surface area contributed by atoms with Crippen LogP contribution in [-0.2, 0) is 25.5 Å². The fraction of sp³-hybridized carbons (Fsp3) is 0.273. The highest BCUT2D eigenvalue weighted by Gasteiger charge is 2.28. The van der Waals surface area contributed by atoms with Crippen LogP contribution in [0.25, 0.3) is 0 Å². The Bertz CT molecular complexity index is 985. The Morgan fingerprint density at radius 2 is 1.83 bits per heavy atom. The fourth-order valence-electron chi connectivity index (χ4n) is 3.20. The highest BCUT2D eigenvalue weighted by atomic mass is 16.5. The highest BCUT2D eigenvalue weighted by molar-refractivity contribution is 6.17. The highest BCUT2D eigenvalue weighted by Crippen LogP contribution is 2.36. The summed E-state index contributed by atoms with van der Waals surface area (Å²) >= 11 is 0. The molecular weight excluding hydrogens is 386 g/mol. The van der Waals surface area contributed by atoms with E-state index >= 15 is 0 Å². The number of carbonyl (C=O) groups excluding carboxylic acids is 4. The molecule has 0 saturated heterocycles. The van der Waals surface area contributed by atoms with Gasteiger partial charge in [-0.3, -0.25) is 24.1 Å². The van der Waals surface area contributed by atoms with E-state index in [2.05, 4.69) is 10.6 Å². The molecule has 0 atom stereocenters. The first-order valence-electron chi connectivity index (χ1n) is 9.72. The van der Waals surface area contributed by atoms with E-state index in [1.807, 2.05) is 6.92 Å². The molecule has 1 heterocycles. The van der Waals surface area contributed by atoms with Crippen LogP contribution < -0.4 is 15.5 Å². The average molecular weight is 409 g/mol. The zero-order valence-electron chi connectivity index (χ0n) is 16.9. The van der Waals surface area contributed by atoms with Gasteiger partial charge in [0.05, 0.1) is 24.4 Å². The van der Waals surface area contributed by atoms with Crippen molar-refractivity contribution >= 4 is 40.8 Å². The molecule has 2 aromatic rings. The topological polar surface area (TPSA) is 105 Å². The van der Waals surface area contributed by atoms with Crippen molar-refractivity contribution in [3.05, 3.63) is 53.6 Å². The van der Waals surface area contributed by atoms with Crippen molar-refractivity contribution in [1.29, 1.82) is 0 Å². The third-order valence-corrected chi connectivity index (χ3v) is 4.52. The van der Waals surface area contributed by atoms with Gasteiger partial charge in [0.25, 0.3) is 5.91 Å². The Balaban J connectivity index is 1.94. The van der Waals surface area contributed by atoms with Crippen molar-refractivity contribution in [3.8, 4) is 0 Å². The van der Waals surface area contributed by atoms with Gasteiger partial charge < -0.3 is 15.4 Å². The number of esters is 1. The summed E-state index contributed by atoms with van der Waals surface area (Å²) in [4.78, 5) is 50.2. The minimum atomic E-state index is -0.448. The van der Waals surface area contributed by atoms with Gasteiger partial charge in [-0.15, -0.1) is 0 Å². The molecule has 0 aliphatic carbocycles. The summed E-state index contributed by atoms with van der Waals surface area (Å²) in [6, 6.07) is 11.7. The first kappa shape index (κ1) is 21.0. The largest absolute Gasteiger partial charge is 0.466 e. The first-order chi connectivity index (χ1) is 14.4. The van der Waals surface area contributed by atoms with Gasteiger partial charge >= 0.3 is 5.97 Å². The van der Waals surface area contributed by atoms with Gasteiger partial charge in [-0.05, 0) is 49.7 Å². The number of nitrogens with zero attached hydrogens (tertiary/aromatic N) is 1. The predicted octanol–water partition coefficient (Wildman–Crippen LogP) is 2.55. The van der Waals surface area contributed by atoms with Gasteiger partial charge in [0.1, 0.15) is 6.42 Å². The lowest BCUT2D eigenvalue weighted by Gasteiger charge is -2.23.